The fourth-order valence-corrected chi connectivity index (χ4v) is 3.64. The average molecular weight is 421 g/mol. The molecule has 164 valence electrons. The Kier molecular flexibility index (Phi) is 8.71. The molecule has 3 aromatic carbocycles. The molecule has 0 fully saturated rings. The van der Waals surface area contributed by atoms with E-state index in [9.17, 15) is 9.59 Å². The average Bonchev–Trinajstić information content (AvgIpc) is 2.79. The lowest BCUT2D eigenvalue weighted by Gasteiger charge is -2.10. The number of ether oxygens (including phenoxy) is 1. The molecular weight excluding hydrogens is 388 g/mol. The van der Waals surface area contributed by atoms with E-state index in [1.807, 2.05) is 30.3 Å². The van der Waals surface area contributed by atoms with Crippen molar-refractivity contribution >= 4 is 33.4 Å². The number of benzene rings is 3. The van der Waals surface area contributed by atoms with Crippen molar-refractivity contribution in [2.75, 3.05) is 6.61 Å². The van der Waals surface area contributed by atoms with Crippen molar-refractivity contribution in [1.29, 1.82) is 0 Å². The van der Waals surface area contributed by atoms with E-state index in [0.29, 0.717) is 12.2 Å². The number of rotatable bonds is 11. The maximum Gasteiger partial charge on any atom is 0.276 e. The Morgan fingerprint density at radius 3 is 2.06 bits per heavy atom. The summed E-state index contributed by atoms with van der Waals surface area (Å²) in [6, 6.07) is 18.2. The molecule has 3 aromatic rings. The largest absolute Gasteiger partial charge is 0.484 e. The summed E-state index contributed by atoms with van der Waals surface area (Å²) in [5.74, 6) is 0.0679. The standard InChI is InChI=1S/C26H32N2O3/c1-2-3-4-5-6-7-8-13-25(29)27-28-26(30)19-31-24-15-14-22-16-20-11-9-10-12-21(20)17-23(22)18-24/h9-12,14-18H,2-8,13,19H2,1H3,(H,27,29)(H,28,30). The zero-order valence-corrected chi connectivity index (χ0v) is 18.3. The van der Waals surface area contributed by atoms with Crippen LogP contribution in [0.25, 0.3) is 21.5 Å². The first-order valence-corrected chi connectivity index (χ1v) is 11.3. The van der Waals surface area contributed by atoms with Gasteiger partial charge in [-0.3, -0.25) is 20.4 Å². The first-order valence-electron chi connectivity index (χ1n) is 11.3. The maximum atomic E-state index is 12.0. The molecular formula is C26H32N2O3. The second-order valence-corrected chi connectivity index (χ2v) is 7.96. The molecule has 0 aromatic heterocycles. The van der Waals surface area contributed by atoms with Crippen molar-refractivity contribution in [3.8, 4) is 5.75 Å². The highest BCUT2D eigenvalue weighted by molar-refractivity contribution is 5.98. The Morgan fingerprint density at radius 2 is 1.32 bits per heavy atom. The lowest BCUT2D eigenvalue weighted by molar-refractivity contribution is -0.130. The van der Waals surface area contributed by atoms with E-state index in [4.69, 9.17) is 4.74 Å². The van der Waals surface area contributed by atoms with E-state index in [-0.39, 0.29) is 18.4 Å². The Hall–Kier alpha value is -3.08. The molecule has 0 saturated carbocycles. The van der Waals surface area contributed by atoms with Gasteiger partial charge in [0.1, 0.15) is 5.75 Å². The van der Waals surface area contributed by atoms with Gasteiger partial charge in [0, 0.05) is 6.42 Å². The second kappa shape index (κ2) is 11.9. The number of hydrazine groups is 1. The lowest BCUT2D eigenvalue weighted by Crippen LogP contribution is -2.43. The molecule has 0 saturated heterocycles. The van der Waals surface area contributed by atoms with Gasteiger partial charge >= 0.3 is 0 Å². The third kappa shape index (κ3) is 7.28. The van der Waals surface area contributed by atoms with Crippen LogP contribution in [0.15, 0.2) is 54.6 Å². The van der Waals surface area contributed by atoms with E-state index >= 15 is 0 Å². The van der Waals surface area contributed by atoms with Crippen molar-refractivity contribution in [3.05, 3.63) is 54.6 Å². The molecule has 0 aliphatic heterocycles. The highest BCUT2D eigenvalue weighted by Crippen LogP contribution is 2.26. The van der Waals surface area contributed by atoms with Crippen molar-refractivity contribution in [3.63, 3.8) is 0 Å². The van der Waals surface area contributed by atoms with Crippen molar-refractivity contribution in [2.45, 2.75) is 58.3 Å². The quantitative estimate of drug-likeness (QED) is 0.239. The zero-order valence-electron chi connectivity index (χ0n) is 18.3. The smallest absolute Gasteiger partial charge is 0.276 e. The first kappa shape index (κ1) is 22.6. The molecule has 0 heterocycles. The topological polar surface area (TPSA) is 67.4 Å². The SMILES string of the molecule is CCCCCCCCCC(=O)NNC(=O)COc1ccc2cc3ccccc3cc2c1. The molecule has 0 atom stereocenters. The number of carbonyl (C=O) groups is 2. The van der Waals surface area contributed by atoms with Gasteiger partial charge in [-0.05, 0) is 52.2 Å². The Morgan fingerprint density at radius 1 is 0.710 bits per heavy atom. The lowest BCUT2D eigenvalue weighted by atomic mass is 10.0. The number of unbranched alkanes of at least 4 members (excludes halogenated alkanes) is 6. The van der Waals surface area contributed by atoms with Gasteiger partial charge in [0.2, 0.25) is 5.91 Å². The third-order valence-corrected chi connectivity index (χ3v) is 5.39. The van der Waals surface area contributed by atoms with Crippen LogP contribution in [0.5, 0.6) is 5.75 Å². The summed E-state index contributed by atoms with van der Waals surface area (Å²) in [7, 11) is 0. The second-order valence-electron chi connectivity index (χ2n) is 7.96. The van der Waals surface area contributed by atoms with Crippen LogP contribution in [0.4, 0.5) is 0 Å². The van der Waals surface area contributed by atoms with E-state index in [0.717, 1.165) is 35.4 Å². The van der Waals surface area contributed by atoms with Crippen LogP contribution in [-0.4, -0.2) is 18.4 Å². The fourth-order valence-electron chi connectivity index (χ4n) is 3.64. The number of amides is 2. The first-order chi connectivity index (χ1) is 15.2. The Labute approximate surface area is 184 Å². The van der Waals surface area contributed by atoms with Crippen LogP contribution in [0.1, 0.15) is 58.3 Å². The number of hydrogen-bond donors (Lipinski definition) is 2. The van der Waals surface area contributed by atoms with Crippen LogP contribution in [0.3, 0.4) is 0 Å². The summed E-state index contributed by atoms with van der Waals surface area (Å²) in [6.45, 7) is 2.05. The number of hydrogen-bond acceptors (Lipinski definition) is 3. The van der Waals surface area contributed by atoms with Gasteiger partial charge in [0.05, 0.1) is 0 Å². The number of nitrogens with one attached hydrogen (secondary N) is 2. The van der Waals surface area contributed by atoms with Crippen LogP contribution < -0.4 is 15.6 Å². The molecule has 0 aliphatic carbocycles. The van der Waals surface area contributed by atoms with E-state index < -0.39 is 0 Å². The summed E-state index contributed by atoms with van der Waals surface area (Å²) < 4.78 is 5.60. The summed E-state index contributed by atoms with van der Waals surface area (Å²) in [6.07, 6.45) is 8.50. The highest BCUT2D eigenvalue weighted by atomic mass is 16.5. The van der Waals surface area contributed by atoms with Crippen molar-refractivity contribution in [1.82, 2.24) is 10.9 Å². The van der Waals surface area contributed by atoms with Gasteiger partial charge in [-0.1, -0.05) is 75.8 Å². The molecule has 2 N–H and O–H groups in total. The van der Waals surface area contributed by atoms with Gasteiger partial charge in [0.25, 0.3) is 5.91 Å². The molecule has 5 heteroatoms. The summed E-state index contributed by atoms with van der Waals surface area (Å²) in [4.78, 5) is 23.8. The zero-order chi connectivity index (χ0) is 21.9. The normalized spacial score (nSPS) is 10.9. The third-order valence-electron chi connectivity index (χ3n) is 5.39. The molecule has 0 unspecified atom stereocenters. The fraction of sp³-hybridized carbons (Fsp3) is 0.385. The Bertz CT molecular complexity index is 1020. The highest BCUT2D eigenvalue weighted by Gasteiger charge is 2.07. The molecule has 3 rings (SSSR count). The van der Waals surface area contributed by atoms with Crippen LogP contribution >= 0.6 is 0 Å². The molecule has 0 radical (unpaired) electrons. The molecule has 31 heavy (non-hydrogen) atoms. The maximum absolute atomic E-state index is 12.0. The number of carbonyl (C=O) groups excluding carboxylic acids is 2. The molecule has 0 spiro atoms. The Balaban J connectivity index is 1.37. The van der Waals surface area contributed by atoms with Gasteiger partial charge in [-0.15, -0.1) is 0 Å². The minimum Gasteiger partial charge on any atom is -0.484 e. The van der Waals surface area contributed by atoms with E-state index in [1.54, 1.807) is 0 Å². The van der Waals surface area contributed by atoms with Gasteiger partial charge in [-0.25, -0.2) is 0 Å². The van der Waals surface area contributed by atoms with Crippen LogP contribution in [0.2, 0.25) is 0 Å². The van der Waals surface area contributed by atoms with Gasteiger partial charge in [-0.2, -0.15) is 0 Å². The predicted octanol–water partition coefficient (Wildman–Crippen LogP) is 5.66. The monoisotopic (exact) mass is 420 g/mol. The number of fused-ring (bicyclic) bond motifs is 2. The minimum atomic E-state index is -0.383. The van der Waals surface area contributed by atoms with Crippen LogP contribution in [0, 0.1) is 0 Å². The van der Waals surface area contributed by atoms with Gasteiger partial charge < -0.3 is 4.74 Å². The molecule has 2 amide bonds. The summed E-state index contributed by atoms with van der Waals surface area (Å²) in [5, 5.41) is 4.52. The van der Waals surface area contributed by atoms with Gasteiger partial charge in [0.15, 0.2) is 6.61 Å². The minimum absolute atomic E-state index is 0.156. The van der Waals surface area contributed by atoms with Crippen LogP contribution in [-0.2, 0) is 9.59 Å². The molecule has 0 bridgehead atoms. The van der Waals surface area contributed by atoms with Crippen molar-refractivity contribution in [2.24, 2.45) is 0 Å². The summed E-state index contributed by atoms with van der Waals surface area (Å²) in [5.41, 5.74) is 4.88. The molecule has 0 aliphatic rings. The summed E-state index contributed by atoms with van der Waals surface area (Å²) >= 11 is 0. The van der Waals surface area contributed by atoms with Crippen molar-refractivity contribution < 1.29 is 14.3 Å². The van der Waals surface area contributed by atoms with E-state index in [1.165, 1.54) is 31.1 Å². The predicted molar refractivity (Wildman–Crippen MR) is 126 cm³/mol. The molecule has 5 nitrogen and oxygen atoms in total. The van der Waals surface area contributed by atoms with E-state index in [2.05, 4.69) is 42.0 Å².